The molecule has 3 rings (SSSR count). The highest BCUT2D eigenvalue weighted by Crippen LogP contribution is 2.27. The predicted octanol–water partition coefficient (Wildman–Crippen LogP) is 5.40. The zero-order valence-corrected chi connectivity index (χ0v) is 21.0. The summed E-state index contributed by atoms with van der Waals surface area (Å²) in [4.78, 5) is 25.8. The van der Waals surface area contributed by atoms with Crippen LogP contribution in [0.3, 0.4) is 0 Å². The van der Waals surface area contributed by atoms with Crippen LogP contribution in [-0.2, 0) is 16.0 Å². The lowest BCUT2D eigenvalue weighted by molar-refractivity contribution is -0.138. The minimum Gasteiger partial charge on any atom is -0.446 e. The van der Waals surface area contributed by atoms with Gasteiger partial charge in [0.1, 0.15) is 11.4 Å². The van der Waals surface area contributed by atoms with Crippen molar-refractivity contribution in [2.45, 2.75) is 44.8 Å². The van der Waals surface area contributed by atoms with Crippen molar-refractivity contribution >= 4 is 29.2 Å². The number of halogens is 2. The fourth-order valence-corrected chi connectivity index (χ4v) is 3.99. The summed E-state index contributed by atoms with van der Waals surface area (Å²) in [7, 11) is 0. The van der Waals surface area contributed by atoms with Crippen molar-refractivity contribution in [3.05, 3.63) is 99.8 Å². The molecule has 3 aromatic carbocycles. The van der Waals surface area contributed by atoms with Gasteiger partial charge < -0.3 is 15.8 Å². The van der Waals surface area contributed by atoms with Crippen molar-refractivity contribution in [1.82, 2.24) is 5.32 Å². The second kappa shape index (κ2) is 11.2. The minimum atomic E-state index is -1.61. The largest absolute Gasteiger partial charge is 0.446 e. The number of benzene rings is 3. The Kier molecular flexibility index (Phi) is 8.33. The zero-order valence-electron chi connectivity index (χ0n) is 20.2. The number of rotatable bonds is 8. The van der Waals surface area contributed by atoms with Gasteiger partial charge in [0.25, 0.3) is 5.91 Å². The third kappa shape index (κ3) is 6.41. The maximum atomic E-state index is 14.2. The van der Waals surface area contributed by atoms with E-state index < -0.39 is 34.9 Å². The molecule has 0 bridgehead atoms. The SMILES string of the molecule is C[C@H](NC(=O)C(C)(C)OC(=O)c1c(N)cccc1F)[C@@H](Cc1ccc(Cl)cc1)c1cccc(C#N)c1. The molecule has 0 saturated carbocycles. The first kappa shape index (κ1) is 26.7. The Bertz CT molecular complexity index is 1280. The Morgan fingerprint density at radius 3 is 2.44 bits per heavy atom. The molecule has 8 heteroatoms. The average molecular weight is 508 g/mol. The molecular formula is C28H27ClFN3O3. The Balaban J connectivity index is 1.82. The number of nitrogen functional groups attached to an aromatic ring is 1. The molecule has 1 amide bonds. The van der Waals surface area contributed by atoms with Crippen molar-refractivity contribution < 1.29 is 18.7 Å². The monoisotopic (exact) mass is 507 g/mol. The Labute approximate surface area is 214 Å². The minimum absolute atomic E-state index is 0.0787. The fraction of sp³-hybridized carbons (Fsp3) is 0.250. The van der Waals surface area contributed by atoms with Crippen LogP contribution in [0.25, 0.3) is 0 Å². The lowest BCUT2D eigenvalue weighted by Gasteiger charge is -2.30. The molecule has 3 aromatic rings. The van der Waals surface area contributed by atoms with Gasteiger partial charge >= 0.3 is 5.97 Å². The number of hydrogen-bond acceptors (Lipinski definition) is 5. The summed E-state index contributed by atoms with van der Waals surface area (Å²) in [5.74, 6) is -2.63. The van der Waals surface area contributed by atoms with E-state index in [4.69, 9.17) is 22.1 Å². The van der Waals surface area contributed by atoms with Gasteiger partial charge in [0.15, 0.2) is 5.60 Å². The molecule has 0 aliphatic rings. The number of carbonyl (C=O) groups is 2. The third-order valence-electron chi connectivity index (χ3n) is 5.92. The Morgan fingerprint density at radius 2 is 1.81 bits per heavy atom. The average Bonchev–Trinajstić information content (AvgIpc) is 2.83. The van der Waals surface area contributed by atoms with E-state index in [1.807, 2.05) is 25.1 Å². The number of hydrogen-bond donors (Lipinski definition) is 2. The van der Waals surface area contributed by atoms with Gasteiger partial charge in [0.05, 0.1) is 11.6 Å². The van der Waals surface area contributed by atoms with Crippen LogP contribution in [0.15, 0.2) is 66.7 Å². The summed E-state index contributed by atoms with van der Waals surface area (Å²) in [5.41, 5.74) is 5.99. The number of esters is 1. The number of nitriles is 1. The quantitative estimate of drug-likeness (QED) is 0.314. The lowest BCUT2D eigenvalue weighted by Crippen LogP contribution is -2.50. The maximum Gasteiger partial charge on any atom is 0.344 e. The molecule has 2 atom stereocenters. The molecule has 0 aliphatic carbocycles. The highest BCUT2D eigenvalue weighted by Gasteiger charge is 2.36. The van der Waals surface area contributed by atoms with Crippen LogP contribution in [0.4, 0.5) is 10.1 Å². The molecule has 0 unspecified atom stereocenters. The lowest BCUT2D eigenvalue weighted by atomic mass is 9.85. The first-order valence-corrected chi connectivity index (χ1v) is 11.7. The fourth-order valence-electron chi connectivity index (χ4n) is 3.86. The smallest absolute Gasteiger partial charge is 0.344 e. The summed E-state index contributed by atoms with van der Waals surface area (Å²) in [6, 6.07) is 20.2. The van der Waals surface area contributed by atoms with Crippen molar-refractivity contribution in [1.29, 1.82) is 5.26 Å². The van der Waals surface area contributed by atoms with E-state index in [9.17, 15) is 19.2 Å². The van der Waals surface area contributed by atoms with Gasteiger partial charge in [-0.1, -0.05) is 41.9 Å². The topological polar surface area (TPSA) is 105 Å². The number of nitrogens with two attached hydrogens (primary N) is 1. The van der Waals surface area contributed by atoms with E-state index in [0.717, 1.165) is 17.2 Å². The third-order valence-corrected chi connectivity index (χ3v) is 6.17. The molecule has 186 valence electrons. The van der Waals surface area contributed by atoms with E-state index >= 15 is 0 Å². The maximum absolute atomic E-state index is 14.2. The van der Waals surface area contributed by atoms with Crippen LogP contribution >= 0.6 is 11.6 Å². The number of anilines is 1. The van der Waals surface area contributed by atoms with Crippen LogP contribution < -0.4 is 11.1 Å². The Morgan fingerprint density at radius 1 is 1.14 bits per heavy atom. The molecule has 3 N–H and O–H groups in total. The van der Waals surface area contributed by atoms with Crippen LogP contribution in [-0.4, -0.2) is 23.5 Å². The van der Waals surface area contributed by atoms with Crippen LogP contribution in [0.2, 0.25) is 5.02 Å². The molecular weight excluding hydrogens is 481 g/mol. The van der Waals surface area contributed by atoms with Gasteiger partial charge in [-0.05, 0) is 74.7 Å². The van der Waals surface area contributed by atoms with Gasteiger partial charge in [0.2, 0.25) is 0 Å². The van der Waals surface area contributed by atoms with Gasteiger partial charge in [-0.25, -0.2) is 9.18 Å². The van der Waals surface area contributed by atoms with E-state index in [-0.39, 0.29) is 11.6 Å². The standard InChI is InChI=1S/C28H27ClFN3O3/c1-17(33-27(35)28(2,3)36-26(34)25-23(30)8-5-9-24(25)32)22(15-18-10-12-21(29)13-11-18)20-7-4-6-19(14-20)16-31/h4-14,17,22H,15,32H2,1-3H3,(H,33,35)/t17-,22+/m0/s1. The molecule has 0 saturated heterocycles. The summed E-state index contributed by atoms with van der Waals surface area (Å²) in [6.07, 6.45) is 0.555. The van der Waals surface area contributed by atoms with Crippen molar-refractivity contribution in [3.8, 4) is 6.07 Å². The normalized spacial score (nSPS) is 12.8. The van der Waals surface area contributed by atoms with Crippen LogP contribution in [0.5, 0.6) is 0 Å². The molecule has 0 aromatic heterocycles. The van der Waals surface area contributed by atoms with Crippen molar-refractivity contribution in [2.75, 3.05) is 5.73 Å². The summed E-state index contributed by atoms with van der Waals surface area (Å²) in [5, 5.41) is 12.9. The van der Waals surface area contributed by atoms with Crippen molar-refractivity contribution in [3.63, 3.8) is 0 Å². The van der Waals surface area contributed by atoms with E-state index in [2.05, 4.69) is 11.4 Å². The zero-order chi connectivity index (χ0) is 26.5. The second-order valence-corrected chi connectivity index (χ2v) is 9.48. The molecule has 0 spiro atoms. The van der Waals surface area contributed by atoms with Crippen molar-refractivity contribution in [2.24, 2.45) is 0 Å². The molecule has 0 fully saturated rings. The highest BCUT2D eigenvalue weighted by atomic mass is 35.5. The van der Waals surface area contributed by atoms with E-state index in [0.29, 0.717) is 17.0 Å². The van der Waals surface area contributed by atoms with E-state index in [1.165, 1.54) is 26.0 Å². The van der Waals surface area contributed by atoms with Gasteiger partial charge in [-0.3, -0.25) is 4.79 Å². The molecule has 0 aliphatic heterocycles. The molecule has 36 heavy (non-hydrogen) atoms. The van der Waals surface area contributed by atoms with Crippen LogP contribution in [0, 0.1) is 17.1 Å². The number of carbonyl (C=O) groups excluding carboxylic acids is 2. The summed E-state index contributed by atoms with van der Waals surface area (Å²) < 4.78 is 19.5. The van der Waals surface area contributed by atoms with Gasteiger partial charge in [-0.2, -0.15) is 5.26 Å². The Hall–Kier alpha value is -3.89. The van der Waals surface area contributed by atoms with Gasteiger partial charge in [0, 0.05) is 22.7 Å². The summed E-state index contributed by atoms with van der Waals surface area (Å²) in [6.45, 7) is 4.69. The predicted molar refractivity (Wildman–Crippen MR) is 137 cm³/mol. The van der Waals surface area contributed by atoms with Gasteiger partial charge in [-0.15, -0.1) is 0 Å². The number of nitrogens with one attached hydrogen (secondary N) is 1. The molecule has 0 radical (unpaired) electrons. The number of amides is 1. The first-order chi connectivity index (χ1) is 17.0. The first-order valence-electron chi connectivity index (χ1n) is 11.3. The second-order valence-electron chi connectivity index (χ2n) is 9.04. The number of ether oxygens (including phenoxy) is 1. The highest BCUT2D eigenvalue weighted by molar-refractivity contribution is 6.30. The van der Waals surface area contributed by atoms with E-state index in [1.54, 1.807) is 30.3 Å². The summed E-state index contributed by atoms with van der Waals surface area (Å²) >= 11 is 6.03. The van der Waals surface area contributed by atoms with Crippen LogP contribution in [0.1, 0.15) is 53.7 Å². The number of nitrogens with zero attached hydrogens (tertiary/aromatic N) is 1. The molecule has 6 nitrogen and oxygen atoms in total. The molecule has 0 heterocycles.